The van der Waals surface area contributed by atoms with Gasteiger partial charge in [0, 0.05) is 5.54 Å². The molecule has 6 heteroatoms. The van der Waals surface area contributed by atoms with Gasteiger partial charge in [-0.15, -0.1) is 0 Å². The zero-order valence-electron chi connectivity index (χ0n) is 10.3. The van der Waals surface area contributed by atoms with Crippen LogP contribution in [-0.4, -0.2) is 33.2 Å². The highest BCUT2D eigenvalue weighted by Gasteiger charge is 2.39. The average molecular weight is 251 g/mol. The topological polar surface area (TPSA) is 84.3 Å². The van der Waals surface area contributed by atoms with E-state index in [2.05, 4.69) is 15.3 Å². The Hall–Kier alpha value is -1.85. The molecule has 0 spiro atoms. The minimum absolute atomic E-state index is 0.105. The van der Waals surface area contributed by atoms with Crippen LogP contribution in [0.5, 0.6) is 5.88 Å². The highest BCUT2D eigenvalue weighted by atomic mass is 16.5. The molecule has 0 amide bonds. The van der Waals surface area contributed by atoms with Crippen molar-refractivity contribution in [1.29, 1.82) is 0 Å². The van der Waals surface area contributed by atoms with E-state index in [0.29, 0.717) is 18.3 Å². The zero-order valence-corrected chi connectivity index (χ0v) is 10.3. The smallest absolute Gasteiger partial charge is 0.305 e. The quantitative estimate of drug-likeness (QED) is 0.800. The third-order valence-electron chi connectivity index (χ3n) is 3.10. The third-order valence-corrected chi connectivity index (χ3v) is 3.10. The van der Waals surface area contributed by atoms with Gasteiger partial charge in [0.05, 0.1) is 25.4 Å². The molecule has 1 aliphatic carbocycles. The summed E-state index contributed by atoms with van der Waals surface area (Å²) in [6.45, 7) is 2.40. The molecule has 0 unspecified atom stereocenters. The molecule has 1 aromatic heterocycles. The number of hydrogen-bond donors (Lipinski definition) is 2. The summed E-state index contributed by atoms with van der Waals surface area (Å²) in [5, 5.41) is 12.1. The molecule has 1 aromatic rings. The lowest BCUT2D eigenvalue weighted by Gasteiger charge is -2.41. The fourth-order valence-corrected chi connectivity index (χ4v) is 2.14. The second kappa shape index (κ2) is 5.20. The molecule has 0 aromatic carbocycles. The molecule has 2 rings (SSSR count). The normalized spacial score (nSPS) is 16.7. The molecular weight excluding hydrogens is 234 g/mol. The lowest BCUT2D eigenvalue weighted by atomic mass is 9.74. The van der Waals surface area contributed by atoms with Gasteiger partial charge in [0.15, 0.2) is 0 Å². The van der Waals surface area contributed by atoms with E-state index in [1.807, 2.05) is 6.92 Å². The molecule has 98 valence electrons. The monoisotopic (exact) mass is 251 g/mol. The van der Waals surface area contributed by atoms with Gasteiger partial charge in [-0.05, 0) is 26.2 Å². The van der Waals surface area contributed by atoms with E-state index in [9.17, 15) is 4.79 Å². The Balaban J connectivity index is 2.07. The van der Waals surface area contributed by atoms with Crippen LogP contribution in [0.3, 0.4) is 0 Å². The summed E-state index contributed by atoms with van der Waals surface area (Å²) >= 11 is 0. The van der Waals surface area contributed by atoms with Crippen molar-refractivity contribution in [3.05, 3.63) is 12.4 Å². The molecule has 1 aliphatic rings. The number of carboxylic acid groups (broad SMARTS) is 1. The number of nitrogens with zero attached hydrogens (tertiary/aromatic N) is 2. The van der Waals surface area contributed by atoms with Gasteiger partial charge in [0.1, 0.15) is 5.82 Å². The summed E-state index contributed by atoms with van der Waals surface area (Å²) in [6, 6.07) is 0. The molecule has 1 fully saturated rings. The van der Waals surface area contributed by atoms with Crippen molar-refractivity contribution in [2.75, 3.05) is 11.9 Å². The zero-order chi connectivity index (χ0) is 13.0. The van der Waals surface area contributed by atoms with Crippen molar-refractivity contribution in [2.24, 2.45) is 0 Å². The van der Waals surface area contributed by atoms with Crippen molar-refractivity contribution in [3.63, 3.8) is 0 Å². The number of carbonyl (C=O) groups is 1. The van der Waals surface area contributed by atoms with E-state index in [0.717, 1.165) is 19.3 Å². The number of aromatic nitrogens is 2. The van der Waals surface area contributed by atoms with Gasteiger partial charge in [-0.2, -0.15) is 4.98 Å². The Morgan fingerprint density at radius 2 is 2.33 bits per heavy atom. The Morgan fingerprint density at radius 1 is 1.56 bits per heavy atom. The van der Waals surface area contributed by atoms with E-state index in [-0.39, 0.29) is 12.0 Å². The SMILES string of the molecule is CCOc1cncc(NC2(CC(=O)O)CCC2)n1. The third kappa shape index (κ3) is 2.88. The summed E-state index contributed by atoms with van der Waals surface area (Å²) in [7, 11) is 0. The second-order valence-corrected chi connectivity index (χ2v) is 4.50. The summed E-state index contributed by atoms with van der Waals surface area (Å²) in [5.74, 6) is 0.227. The standard InChI is InChI=1S/C12H17N3O3/c1-2-18-10-8-13-7-9(14-10)15-12(4-3-5-12)6-11(16)17/h7-8H,2-6H2,1H3,(H,14,15)(H,16,17). The predicted octanol–water partition coefficient (Wildman–Crippen LogP) is 1.68. The molecule has 6 nitrogen and oxygen atoms in total. The Bertz CT molecular complexity index is 432. The van der Waals surface area contributed by atoms with Crippen LogP contribution in [-0.2, 0) is 4.79 Å². The van der Waals surface area contributed by atoms with Gasteiger partial charge >= 0.3 is 5.97 Å². The maximum atomic E-state index is 10.9. The summed E-state index contributed by atoms with van der Waals surface area (Å²) in [6.07, 6.45) is 5.97. The van der Waals surface area contributed by atoms with Gasteiger partial charge in [-0.1, -0.05) is 0 Å². The molecule has 2 N–H and O–H groups in total. The van der Waals surface area contributed by atoms with E-state index in [1.54, 1.807) is 12.4 Å². The van der Waals surface area contributed by atoms with Crippen molar-refractivity contribution < 1.29 is 14.6 Å². The summed E-state index contributed by atoms with van der Waals surface area (Å²) in [4.78, 5) is 19.1. The number of hydrogen-bond acceptors (Lipinski definition) is 5. The van der Waals surface area contributed by atoms with Gasteiger partial charge < -0.3 is 15.2 Å². The van der Waals surface area contributed by atoms with Crippen molar-refractivity contribution in [3.8, 4) is 5.88 Å². The number of aliphatic carboxylic acids is 1. The van der Waals surface area contributed by atoms with Gasteiger partial charge in [0.2, 0.25) is 5.88 Å². The second-order valence-electron chi connectivity index (χ2n) is 4.50. The van der Waals surface area contributed by atoms with E-state index in [4.69, 9.17) is 9.84 Å². The molecule has 1 saturated carbocycles. The summed E-state index contributed by atoms with van der Waals surface area (Å²) in [5.41, 5.74) is -0.370. The largest absolute Gasteiger partial charge is 0.481 e. The van der Waals surface area contributed by atoms with Crippen LogP contribution in [0.1, 0.15) is 32.6 Å². The van der Waals surface area contributed by atoms with Crippen molar-refractivity contribution in [1.82, 2.24) is 9.97 Å². The van der Waals surface area contributed by atoms with Crippen LogP contribution in [0.4, 0.5) is 5.82 Å². The molecular formula is C12H17N3O3. The van der Waals surface area contributed by atoms with E-state index < -0.39 is 5.97 Å². The fourth-order valence-electron chi connectivity index (χ4n) is 2.14. The number of nitrogens with one attached hydrogen (secondary N) is 1. The number of ether oxygens (including phenoxy) is 1. The highest BCUT2D eigenvalue weighted by molar-refractivity contribution is 5.69. The van der Waals surface area contributed by atoms with Crippen LogP contribution in [0, 0.1) is 0 Å². The van der Waals surface area contributed by atoms with Gasteiger partial charge in [-0.3, -0.25) is 9.78 Å². The highest BCUT2D eigenvalue weighted by Crippen LogP contribution is 2.37. The Kier molecular flexibility index (Phi) is 3.64. The molecule has 0 atom stereocenters. The van der Waals surface area contributed by atoms with Crippen LogP contribution >= 0.6 is 0 Å². The van der Waals surface area contributed by atoms with Crippen LogP contribution in [0.25, 0.3) is 0 Å². The van der Waals surface area contributed by atoms with Crippen molar-refractivity contribution >= 4 is 11.8 Å². The molecule has 0 aliphatic heterocycles. The first kappa shape index (κ1) is 12.6. The Morgan fingerprint density at radius 3 is 2.89 bits per heavy atom. The number of rotatable bonds is 6. The van der Waals surface area contributed by atoms with E-state index in [1.165, 1.54) is 0 Å². The molecule has 1 heterocycles. The fraction of sp³-hybridized carbons (Fsp3) is 0.583. The molecule has 0 saturated heterocycles. The Labute approximate surface area is 105 Å². The minimum Gasteiger partial charge on any atom is -0.481 e. The van der Waals surface area contributed by atoms with E-state index >= 15 is 0 Å². The average Bonchev–Trinajstić information content (AvgIpc) is 2.26. The lowest BCUT2D eigenvalue weighted by Crippen LogP contribution is -2.47. The lowest BCUT2D eigenvalue weighted by molar-refractivity contribution is -0.138. The first-order valence-corrected chi connectivity index (χ1v) is 6.08. The van der Waals surface area contributed by atoms with Crippen LogP contribution in [0.2, 0.25) is 0 Å². The summed E-state index contributed by atoms with van der Waals surface area (Å²) < 4.78 is 5.26. The minimum atomic E-state index is -0.795. The number of anilines is 1. The molecule has 18 heavy (non-hydrogen) atoms. The molecule has 0 bridgehead atoms. The predicted molar refractivity (Wildman–Crippen MR) is 65.7 cm³/mol. The first-order chi connectivity index (χ1) is 8.63. The van der Waals surface area contributed by atoms with Gasteiger partial charge in [-0.25, -0.2) is 0 Å². The first-order valence-electron chi connectivity index (χ1n) is 6.08. The van der Waals surface area contributed by atoms with Gasteiger partial charge in [0.25, 0.3) is 0 Å². The maximum Gasteiger partial charge on any atom is 0.305 e. The number of carboxylic acids is 1. The maximum absolute atomic E-state index is 10.9. The van der Waals surface area contributed by atoms with Crippen molar-refractivity contribution in [2.45, 2.75) is 38.1 Å². The molecule has 0 radical (unpaired) electrons. The van der Waals surface area contributed by atoms with Crippen LogP contribution < -0.4 is 10.1 Å². The van der Waals surface area contributed by atoms with Crippen LogP contribution in [0.15, 0.2) is 12.4 Å².